The van der Waals surface area contributed by atoms with Gasteiger partial charge in [0.05, 0.1) is 0 Å². The highest BCUT2D eigenvalue weighted by Gasteiger charge is 2.29. The van der Waals surface area contributed by atoms with Crippen LogP contribution in [-0.2, 0) is 19.1 Å². The summed E-state index contributed by atoms with van der Waals surface area (Å²) in [5.74, 6) is -2.29. The van der Waals surface area contributed by atoms with E-state index in [1.54, 1.807) is 6.92 Å². The lowest BCUT2D eigenvalue weighted by atomic mass is 10.3. The van der Waals surface area contributed by atoms with E-state index in [1.807, 2.05) is 0 Å². The molecule has 0 spiro atoms. The van der Waals surface area contributed by atoms with Crippen molar-refractivity contribution in [2.75, 3.05) is 0 Å². The first-order valence-electron chi connectivity index (χ1n) is 4.05. The first-order valence-corrected chi connectivity index (χ1v) is 4.87. The van der Waals surface area contributed by atoms with E-state index in [0.29, 0.717) is 6.42 Å². The molecule has 0 N–H and O–H groups in total. The molecule has 0 rings (SSSR count). The number of hydrogen-bond donors (Lipinski definition) is 0. The third-order valence-corrected chi connectivity index (χ3v) is 1.81. The van der Waals surface area contributed by atoms with Crippen molar-refractivity contribution in [3.63, 3.8) is 0 Å². The molecule has 82 valence electrons. The fraction of sp³-hybridized carbons (Fsp3) is 0.750. The molecule has 0 fully saturated rings. The number of hydrogen-bond acceptors (Lipinski definition) is 4. The van der Waals surface area contributed by atoms with Crippen LogP contribution in [0.5, 0.6) is 0 Å². The smallest absolute Gasteiger partial charge is 0.419 e. The molecule has 2 unspecified atom stereocenters. The second kappa shape index (κ2) is 5.41. The summed E-state index contributed by atoms with van der Waals surface area (Å²) in [6, 6.07) is 0. The van der Waals surface area contributed by atoms with Crippen LogP contribution in [-0.4, -0.2) is 22.6 Å². The van der Waals surface area contributed by atoms with Crippen LogP contribution in [0, 0.1) is 0 Å². The Morgan fingerprint density at radius 2 is 1.93 bits per heavy atom. The highest BCUT2D eigenvalue weighted by molar-refractivity contribution is 6.33. The fourth-order valence-corrected chi connectivity index (χ4v) is 0.654. The molecule has 0 saturated heterocycles. The van der Waals surface area contributed by atoms with Crippen LogP contribution in [0.2, 0.25) is 0 Å². The van der Waals surface area contributed by atoms with E-state index in [0.717, 1.165) is 0 Å². The first kappa shape index (κ1) is 13.5. The van der Waals surface area contributed by atoms with E-state index >= 15 is 0 Å². The Hall–Kier alpha value is -0.480. The van der Waals surface area contributed by atoms with Crippen molar-refractivity contribution < 1.29 is 19.1 Å². The summed E-state index contributed by atoms with van der Waals surface area (Å²) in [7, 11) is 0. The maximum Gasteiger partial charge on any atom is 0.419 e. The van der Waals surface area contributed by atoms with Crippen molar-refractivity contribution in [1.82, 2.24) is 0 Å². The summed E-state index contributed by atoms with van der Waals surface area (Å²) in [6.07, 6.45) is 0.379. The predicted octanol–water partition coefficient (Wildman–Crippen LogP) is 2.02. The Kier molecular flexibility index (Phi) is 5.23. The van der Waals surface area contributed by atoms with Gasteiger partial charge in [0, 0.05) is 0 Å². The monoisotopic (exact) mass is 242 g/mol. The molecule has 0 radical (unpaired) electrons. The van der Waals surface area contributed by atoms with Crippen molar-refractivity contribution >= 4 is 35.1 Å². The molecule has 6 heteroatoms. The van der Waals surface area contributed by atoms with Crippen molar-refractivity contribution in [1.29, 1.82) is 0 Å². The molecule has 0 aliphatic rings. The summed E-state index contributed by atoms with van der Waals surface area (Å²) >= 11 is 11.1. The van der Waals surface area contributed by atoms with Crippen LogP contribution in [0.4, 0.5) is 0 Å². The molecule has 0 aromatic carbocycles. The fourth-order valence-electron chi connectivity index (χ4n) is 0.503. The number of halogens is 2. The van der Waals surface area contributed by atoms with Crippen molar-refractivity contribution in [3.8, 4) is 0 Å². The molecule has 0 saturated carbocycles. The van der Waals surface area contributed by atoms with Gasteiger partial charge in [0.2, 0.25) is 0 Å². The molecule has 0 amide bonds. The zero-order chi connectivity index (χ0) is 11.4. The van der Waals surface area contributed by atoms with Crippen LogP contribution >= 0.6 is 23.2 Å². The summed E-state index contributed by atoms with van der Waals surface area (Å²) in [5.41, 5.74) is -0.877. The SMILES string of the molecule is CCC(C)(Cl)OC(=O)C(=O)OC(C)Cl. The zero-order valence-electron chi connectivity index (χ0n) is 8.17. The molecular weight excluding hydrogens is 231 g/mol. The van der Waals surface area contributed by atoms with Gasteiger partial charge in [-0.25, -0.2) is 9.59 Å². The topological polar surface area (TPSA) is 52.6 Å². The molecule has 2 atom stereocenters. The second-order valence-corrected chi connectivity index (χ2v) is 4.21. The normalized spacial score (nSPS) is 16.6. The molecule has 0 aliphatic heterocycles. The van der Waals surface area contributed by atoms with Gasteiger partial charge in [-0.05, 0) is 20.3 Å². The molecule has 0 aliphatic carbocycles. The number of carbonyl (C=O) groups excluding carboxylic acids is 2. The highest BCUT2D eigenvalue weighted by Crippen LogP contribution is 2.20. The van der Waals surface area contributed by atoms with Gasteiger partial charge >= 0.3 is 11.9 Å². The first-order chi connectivity index (χ1) is 6.28. The lowest BCUT2D eigenvalue weighted by Gasteiger charge is -2.19. The van der Waals surface area contributed by atoms with Crippen molar-refractivity contribution in [2.45, 2.75) is 37.8 Å². The van der Waals surface area contributed by atoms with Crippen LogP contribution in [0.25, 0.3) is 0 Å². The Morgan fingerprint density at radius 1 is 1.43 bits per heavy atom. The van der Waals surface area contributed by atoms with Crippen molar-refractivity contribution in [2.24, 2.45) is 0 Å². The lowest BCUT2D eigenvalue weighted by Crippen LogP contribution is -2.31. The van der Waals surface area contributed by atoms with E-state index in [4.69, 9.17) is 23.2 Å². The molecule has 4 nitrogen and oxygen atoms in total. The Morgan fingerprint density at radius 3 is 2.29 bits per heavy atom. The Balaban J connectivity index is 4.15. The van der Waals surface area contributed by atoms with E-state index in [1.165, 1.54) is 13.8 Å². The quantitative estimate of drug-likeness (QED) is 0.432. The van der Waals surface area contributed by atoms with Gasteiger partial charge in [0.15, 0.2) is 10.6 Å². The van der Waals surface area contributed by atoms with Crippen LogP contribution < -0.4 is 0 Å². The number of alkyl halides is 2. The summed E-state index contributed by atoms with van der Waals surface area (Å²) in [5, 5.41) is -1.19. The number of ether oxygens (including phenoxy) is 2. The van der Waals surface area contributed by atoms with Gasteiger partial charge in [-0.15, -0.1) is 0 Å². The lowest BCUT2D eigenvalue weighted by molar-refractivity contribution is -0.173. The molecular formula is C8H12Cl2O4. The van der Waals surface area contributed by atoms with Crippen LogP contribution in [0.15, 0.2) is 0 Å². The second-order valence-electron chi connectivity index (χ2n) is 2.79. The average Bonchev–Trinajstić information content (AvgIpc) is 2.02. The van der Waals surface area contributed by atoms with E-state index in [2.05, 4.69) is 9.47 Å². The minimum absolute atomic E-state index is 0.379. The van der Waals surface area contributed by atoms with Gasteiger partial charge in [0.25, 0.3) is 0 Å². The third kappa shape index (κ3) is 5.29. The molecule has 14 heavy (non-hydrogen) atoms. The van der Waals surface area contributed by atoms with Gasteiger partial charge in [-0.3, -0.25) is 0 Å². The summed E-state index contributed by atoms with van der Waals surface area (Å²) < 4.78 is 9.04. The van der Waals surface area contributed by atoms with Gasteiger partial charge < -0.3 is 9.47 Å². The number of carbonyl (C=O) groups is 2. The highest BCUT2D eigenvalue weighted by atomic mass is 35.5. The number of rotatable bonds is 3. The minimum Gasteiger partial charge on any atom is -0.438 e. The molecule has 0 bridgehead atoms. The van der Waals surface area contributed by atoms with Gasteiger partial charge in [0.1, 0.15) is 0 Å². The third-order valence-electron chi connectivity index (χ3n) is 1.37. The molecule has 0 aromatic heterocycles. The van der Waals surface area contributed by atoms with E-state index in [9.17, 15) is 9.59 Å². The van der Waals surface area contributed by atoms with Gasteiger partial charge in [-0.2, -0.15) is 0 Å². The van der Waals surface area contributed by atoms with Crippen LogP contribution in [0.1, 0.15) is 27.2 Å². The predicted molar refractivity (Wildman–Crippen MR) is 52.0 cm³/mol. The zero-order valence-corrected chi connectivity index (χ0v) is 9.69. The van der Waals surface area contributed by atoms with E-state index < -0.39 is 22.6 Å². The number of esters is 2. The minimum atomic E-state index is -1.19. The summed E-state index contributed by atoms with van der Waals surface area (Å²) in [6.45, 7) is 4.60. The van der Waals surface area contributed by atoms with Gasteiger partial charge in [-0.1, -0.05) is 30.1 Å². The largest absolute Gasteiger partial charge is 0.438 e. The maximum absolute atomic E-state index is 11.0. The maximum atomic E-state index is 11.0. The van der Waals surface area contributed by atoms with Crippen molar-refractivity contribution in [3.05, 3.63) is 0 Å². The standard InChI is InChI=1S/C8H12Cl2O4/c1-4-8(3,10)14-7(12)6(11)13-5(2)9/h5H,4H2,1-3H3. The summed E-state index contributed by atoms with van der Waals surface area (Å²) in [4.78, 5) is 21.9. The molecule has 0 heterocycles. The average molecular weight is 243 g/mol. The Bertz CT molecular complexity index is 225. The molecule has 0 aromatic rings. The van der Waals surface area contributed by atoms with E-state index in [-0.39, 0.29) is 0 Å². The Labute approximate surface area is 92.5 Å². The van der Waals surface area contributed by atoms with Crippen LogP contribution in [0.3, 0.4) is 0 Å².